The van der Waals surface area contributed by atoms with Crippen molar-refractivity contribution >= 4 is 5.91 Å². The van der Waals surface area contributed by atoms with Crippen LogP contribution in [0.3, 0.4) is 0 Å². The zero-order valence-corrected chi connectivity index (χ0v) is 13.6. The molecule has 0 radical (unpaired) electrons. The van der Waals surface area contributed by atoms with Crippen LogP contribution in [0.2, 0.25) is 0 Å². The predicted molar refractivity (Wildman–Crippen MR) is 86.6 cm³/mol. The van der Waals surface area contributed by atoms with Crippen molar-refractivity contribution in [3.8, 4) is 5.82 Å². The molecule has 1 N–H and O–H groups in total. The summed E-state index contributed by atoms with van der Waals surface area (Å²) in [7, 11) is 0. The van der Waals surface area contributed by atoms with E-state index in [1.165, 1.54) is 0 Å². The van der Waals surface area contributed by atoms with Crippen LogP contribution in [0.25, 0.3) is 5.82 Å². The summed E-state index contributed by atoms with van der Waals surface area (Å²) in [6.45, 7) is 5.20. The first-order chi connectivity index (χ1) is 11.0. The minimum atomic E-state index is -0.292. The quantitative estimate of drug-likeness (QED) is 0.918. The zero-order valence-electron chi connectivity index (χ0n) is 13.6. The molecule has 0 spiro atoms. The summed E-state index contributed by atoms with van der Waals surface area (Å²) >= 11 is 0. The molecule has 6 heteroatoms. The normalized spacial score (nSPS) is 18.7. The Kier molecular flexibility index (Phi) is 4.43. The minimum Gasteiger partial charge on any atom is -0.393 e. The summed E-state index contributed by atoms with van der Waals surface area (Å²) in [4.78, 5) is 18.7. The van der Waals surface area contributed by atoms with Gasteiger partial charge >= 0.3 is 0 Å². The van der Waals surface area contributed by atoms with Crippen LogP contribution < -0.4 is 0 Å². The number of likely N-dealkylation sites (tertiary alicyclic amines) is 1. The van der Waals surface area contributed by atoms with Gasteiger partial charge in [-0.05, 0) is 51.3 Å². The summed E-state index contributed by atoms with van der Waals surface area (Å²) < 4.78 is 1.77. The van der Waals surface area contributed by atoms with E-state index < -0.39 is 0 Å². The van der Waals surface area contributed by atoms with E-state index in [0.717, 1.165) is 24.2 Å². The molecule has 0 aliphatic carbocycles. The van der Waals surface area contributed by atoms with Crippen molar-refractivity contribution < 1.29 is 9.90 Å². The average molecular weight is 314 g/mol. The van der Waals surface area contributed by atoms with Gasteiger partial charge in [-0.3, -0.25) is 4.79 Å². The zero-order chi connectivity index (χ0) is 16.4. The fraction of sp³-hybridized carbons (Fsp3) is 0.471. The second-order valence-electron chi connectivity index (χ2n) is 6.12. The summed E-state index contributed by atoms with van der Waals surface area (Å²) in [6, 6.07) is 5.60. The lowest BCUT2D eigenvalue weighted by atomic mass is 10.2. The number of pyridine rings is 1. The van der Waals surface area contributed by atoms with E-state index in [1.54, 1.807) is 21.8 Å². The Bertz CT molecular complexity index is 693. The van der Waals surface area contributed by atoms with Crippen molar-refractivity contribution in [3.05, 3.63) is 41.3 Å². The highest BCUT2D eigenvalue weighted by molar-refractivity contribution is 5.94. The molecule has 0 aromatic carbocycles. The highest BCUT2D eigenvalue weighted by atomic mass is 16.3. The molecule has 0 saturated carbocycles. The van der Waals surface area contributed by atoms with Crippen LogP contribution in [0.1, 0.15) is 41.0 Å². The molecular weight excluding hydrogens is 292 g/mol. The monoisotopic (exact) mass is 314 g/mol. The SMILES string of the molecule is Cc1cc(C)n(-c2ccc(C(=O)N3CCCC(O)CC3)cn2)n1. The van der Waals surface area contributed by atoms with Gasteiger partial charge in [0.15, 0.2) is 5.82 Å². The lowest BCUT2D eigenvalue weighted by Gasteiger charge is -2.20. The molecule has 122 valence electrons. The smallest absolute Gasteiger partial charge is 0.255 e. The number of aliphatic hydroxyl groups is 1. The molecule has 3 rings (SSSR count). The van der Waals surface area contributed by atoms with Gasteiger partial charge in [0.2, 0.25) is 0 Å². The van der Waals surface area contributed by atoms with E-state index in [1.807, 2.05) is 26.0 Å². The molecule has 1 unspecified atom stereocenters. The van der Waals surface area contributed by atoms with E-state index >= 15 is 0 Å². The maximum Gasteiger partial charge on any atom is 0.255 e. The Morgan fingerprint density at radius 2 is 2.09 bits per heavy atom. The fourth-order valence-electron chi connectivity index (χ4n) is 2.96. The Balaban J connectivity index is 1.76. The molecule has 1 fully saturated rings. The Morgan fingerprint density at radius 3 is 2.74 bits per heavy atom. The number of hydrogen-bond acceptors (Lipinski definition) is 4. The molecule has 3 heterocycles. The Hall–Kier alpha value is -2.21. The lowest BCUT2D eigenvalue weighted by Crippen LogP contribution is -2.32. The van der Waals surface area contributed by atoms with Crippen LogP contribution in [0.5, 0.6) is 0 Å². The van der Waals surface area contributed by atoms with Crippen molar-refractivity contribution in [2.24, 2.45) is 0 Å². The summed E-state index contributed by atoms with van der Waals surface area (Å²) in [5, 5.41) is 14.1. The van der Waals surface area contributed by atoms with E-state index in [-0.39, 0.29) is 12.0 Å². The average Bonchev–Trinajstić information content (AvgIpc) is 2.74. The van der Waals surface area contributed by atoms with Gasteiger partial charge in [0.1, 0.15) is 0 Å². The van der Waals surface area contributed by atoms with Crippen LogP contribution in [0, 0.1) is 13.8 Å². The van der Waals surface area contributed by atoms with Gasteiger partial charge in [-0.15, -0.1) is 0 Å². The van der Waals surface area contributed by atoms with Gasteiger partial charge < -0.3 is 10.0 Å². The van der Waals surface area contributed by atoms with E-state index in [4.69, 9.17) is 0 Å². The number of aromatic nitrogens is 3. The van der Waals surface area contributed by atoms with Gasteiger partial charge in [0.25, 0.3) is 5.91 Å². The van der Waals surface area contributed by atoms with Gasteiger partial charge in [-0.1, -0.05) is 0 Å². The third-order valence-electron chi connectivity index (χ3n) is 4.21. The van der Waals surface area contributed by atoms with Gasteiger partial charge in [0, 0.05) is 25.0 Å². The molecule has 6 nitrogen and oxygen atoms in total. The van der Waals surface area contributed by atoms with Crippen molar-refractivity contribution in [2.45, 2.75) is 39.2 Å². The maximum atomic E-state index is 12.6. The van der Waals surface area contributed by atoms with Crippen molar-refractivity contribution in [1.29, 1.82) is 0 Å². The predicted octanol–water partition coefficient (Wildman–Crippen LogP) is 1.87. The van der Waals surface area contributed by atoms with Crippen LogP contribution >= 0.6 is 0 Å². The molecule has 23 heavy (non-hydrogen) atoms. The maximum absolute atomic E-state index is 12.6. The number of carbonyl (C=O) groups is 1. The molecule has 1 amide bonds. The highest BCUT2D eigenvalue weighted by Gasteiger charge is 2.20. The molecule has 1 atom stereocenters. The van der Waals surface area contributed by atoms with Crippen molar-refractivity contribution in [2.75, 3.05) is 13.1 Å². The van der Waals surface area contributed by atoms with Crippen LogP contribution in [-0.2, 0) is 0 Å². The largest absolute Gasteiger partial charge is 0.393 e. The molecule has 1 aliphatic rings. The molecule has 1 saturated heterocycles. The Morgan fingerprint density at radius 1 is 1.26 bits per heavy atom. The number of rotatable bonds is 2. The van der Waals surface area contributed by atoms with Crippen LogP contribution in [-0.4, -0.2) is 49.9 Å². The topological polar surface area (TPSA) is 71.2 Å². The number of hydrogen-bond donors (Lipinski definition) is 1. The summed E-state index contributed by atoms with van der Waals surface area (Å²) in [5.74, 6) is 0.685. The van der Waals surface area contributed by atoms with E-state index in [2.05, 4.69) is 10.1 Å². The first-order valence-corrected chi connectivity index (χ1v) is 8.01. The van der Waals surface area contributed by atoms with E-state index in [9.17, 15) is 9.90 Å². The minimum absolute atomic E-state index is 0.0217. The standard InChI is InChI=1S/C17H22N4O2/c1-12-10-13(2)21(19-12)16-6-5-14(11-18-16)17(23)20-8-3-4-15(22)7-9-20/h5-6,10-11,15,22H,3-4,7-9H2,1-2H3. The van der Waals surface area contributed by atoms with Gasteiger partial charge in [0.05, 0.1) is 17.4 Å². The highest BCUT2D eigenvalue weighted by Crippen LogP contribution is 2.15. The van der Waals surface area contributed by atoms with Crippen LogP contribution in [0.4, 0.5) is 0 Å². The second-order valence-corrected chi connectivity index (χ2v) is 6.12. The lowest BCUT2D eigenvalue weighted by molar-refractivity contribution is 0.0752. The molecular formula is C17H22N4O2. The number of carbonyl (C=O) groups excluding carboxylic acids is 1. The molecule has 0 bridgehead atoms. The second kappa shape index (κ2) is 6.50. The van der Waals surface area contributed by atoms with Gasteiger partial charge in [-0.25, -0.2) is 9.67 Å². The summed E-state index contributed by atoms with van der Waals surface area (Å²) in [6.07, 6.45) is 3.56. The molecule has 2 aromatic heterocycles. The fourth-order valence-corrected chi connectivity index (χ4v) is 2.96. The summed E-state index contributed by atoms with van der Waals surface area (Å²) in [5.41, 5.74) is 2.52. The third-order valence-corrected chi connectivity index (χ3v) is 4.21. The number of aryl methyl sites for hydroxylation is 2. The number of aliphatic hydroxyl groups excluding tert-OH is 1. The first kappa shape index (κ1) is 15.7. The number of amides is 1. The third kappa shape index (κ3) is 3.42. The molecule has 2 aromatic rings. The Labute approximate surface area is 135 Å². The first-order valence-electron chi connectivity index (χ1n) is 8.01. The van der Waals surface area contributed by atoms with Crippen molar-refractivity contribution in [1.82, 2.24) is 19.7 Å². The molecule has 1 aliphatic heterocycles. The number of nitrogens with zero attached hydrogens (tertiary/aromatic N) is 4. The van der Waals surface area contributed by atoms with Crippen LogP contribution in [0.15, 0.2) is 24.4 Å². The van der Waals surface area contributed by atoms with E-state index in [0.29, 0.717) is 30.9 Å². The van der Waals surface area contributed by atoms with Gasteiger partial charge in [-0.2, -0.15) is 5.10 Å². The van der Waals surface area contributed by atoms with Crippen molar-refractivity contribution in [3.63, 3.8) is 0 Å².